The maximum Gasteiger partial charge on any atom is 0.175 e. The Morgan fingerprint density at radius 1 is 1.47 bits per heavy atom. The molecule has 4 heteroatoms. The van der Waals surface area contributed by atoms with Gasteiger partial charge in [0.05, 0.1) is 18.3 Å². The molecule has 0 aromatic heterocycles. The molecule has 1 aromatic rings. The highest BCUT2D eigenvalue weighted by atomic mass is 16.5. The number of aromatic hydroxyl groups is 1. The van der Waals surface area contributed by atoms with Gasteiger partial charge in [0.15, 0.2) is 11.5 Å². The van der Waals surface area contributed by atoms with Crippen molar-refractivity contribution in [2.75, 3.05) is 7.11 Å². The maximum atomic E-state index is 9.88. The van der Waals surface area contributed by atoms with Crippen LogP contribution in [0, 0.1) is 11.3 Å². The molecule has 1 fully saturated rings. The van der Waals surface area contributed by atoms with E-state index in [2.05, 4.69) is 0 Å². The molecule has 0 saturated heterocycles. The van der Waals surface area contributed by atoms with Crippen molar-refractivity contribution >= 4 is 0 Å². The smallest absolute Gasteiger partial charge is 0.175 e. The molecular weight excluding hydrogens is 194 g/mol. The average molecular weight is 205 g/mol. The number of ether oxygens (including phenoxy) is 1. The van der Waals surface area contributed by atoms with Crippen LogP contribution in [-0.2, 0) is 5.60 Å². The van der Waals surface area contributed by atoms with Gasteiger partial charge in [-0.15, -0.1) is 0 Å². The number of nitrogens with zero attached hydrogens (tertiary/aromatic N) is 1. The SMILES string of the molecule is COc1cc(C2(O)CC2)cc(C#N)c1O. The van der Waals surface area contributed by atoms with Crippen LogP contribution in [0.2, 0.25) is 0 Å². The molecule has 1 aromatic carbocycles. The number of aliphatic hydroxyl groups is 1. The molecule has 0 spiro atoms. The lowest BCUT2D eigenvalue weighted by Gasteiger charge is -2.12. The van der Waals surface area contributed by atoms with Crippen molar-refractivity contribution < 1.29 is 14.9 Å². The van der Waals surface area contributed by atoms with E-state index >= 15 is 0 Å². The lowest BCUT2D eigenvalue weighted by molar-refractivity contribution is 0.151. The number of hydrogen-bond acceptors (Lipinski definition) is 4. The number of hydrogen-bond donors (Lipinski definition) is 2. The molecule has 1 saturated carbocycles. The highest BCUT2D eigenvalue weighted by Crippen LogP contribution is 2.47. The van der Waals surface area contributed by atoms with Crippen molar-refractivity contribution in [1.29, 1.82) is 5.26 Å². The number of rotatable bonds is 2. The summed E-state index contributed by atoms with van der Waals surface area (Å²) >= 11 is 0. The minimum atomic E-state index is -0.827. The summed E-state index contributed by atoms with van der Waals surface area (Å²) in [5, 5.41) is 28.3. The van der Waals surface area contributed by atoms with E-state index in [0.717, 1.165) is 0 Å². The predicted molar refractivity (Wildman–Crippen MR) is 52.5 cm³/mol. The van der Waals surface area contributed by atoms with Gasteiger partial charge in [-0.2, -0.15) is 5.26 Å². The molecule has 1 aliphatic carbocycles. The molecule has 1 aliphatic rings. The molecule has 4 nitrogen and oxygen atoms in total. The normalized spacial score (nSPS) is 16.9. The van der Waals surface area contributed by atoms with E-state index in [4.69, 9.17) is 10.00 Å². The van der Waals surface area contributed by atoms with E-state index in [9.17, 15) is 10.2 Å². The fraction of sp³-hybridized carbons (Fsp3) is 0.364. The summed E-state index contributed by atoms with van der Waals surface area (Å²) < 4.78 is 4.94. The lowest BCUT2D eigenvalue weighted by Crippen LogP contribution is -2.05. The summed E-state index contributed by atoms with van der Waals surface area (Å²) in [6.07, 6.45) is 1.37. The van der Waals surface area contributed by atoms with Crippen LogP contribution >= 0.6 is 0 Å². The van der Waals surface area contributed by atoms with E-state index in [1.807, 2.05) is 6.07 Å². The Hall–Kier alpha value is -1.73. The quantitative estimate of drug-likeness (QED) is 0.762. The van der Waals surface area contributed by atoms with Crippen molar-refractivity contribution in [3.63, 3.8) is 0 Å². The first-order chi connectivity index (χ1) is 7.10. The van der Waals surface area contributed by atoms with Gasteiger partial charge >= 0.3 is 0 Å². The minimum absolute atomic E-state index is 0.129. The summed E-state index contributed by atoms with van der Waals surface area (Å²) in [4.78, 5) is 0. The zero-order chi connectivity index (χ0) is 11.1. The van der Waals surface area contributed by atoms with Gasteiger partial charge in [-0.1, -0.05) is 0 Å². The Labute approximate surface area is 87.3 Å². The molecule has 0 unspecified atom stereocenters. The van der Waals surface area contributed by atoms with Gasteiger partial charge in [0.2, 0.25) is 0 Å². The van der Waals surface area contributed by atoms with E-state index in [0.29, 0.717) is 18.4 Å². The standard InChI is InChI=1S/C11H11NO3/c1-15-9-5-8(11(14)2-3-11)4-7(6-12)10(9)13/h4-5,13-14H,2-3H2,1H3. The Morgan fingerprint density at radius 3 is 2.60 bits per heavy atom. The number of phenols is 1. The van der Waals surface area contributed by atoms with E-state index in [1.165, 1.54) is 13.2 Å². The Balaban J connectivity index is 2.55. The van der Waals surface area contributed by atoms with Gasteiger partial charge < -0.3 is 14.9 Å². The third kappa shape index (κ3) is 1.51. The van der Waals surface area contributed by atoms with E-state index < -0.39 is 5.60 Å². The first kappa shape index (κ1) is 9.81. The summed E-state index contributed by atoms with van der Waals surface area (Å²) in [7, 11) is 1.41. The predicted octanol–water partition coefficient (Wildman–Crippen LogP) is 1.25. The van der Waals surface area contributed by atoms with Crippen molar-refractivity contribution in [3.05, 3.63) is 23.3 Å². The van der Waals surface area contributed by atoms with Crippen molar-refractivity contribution in [3.8, 4) is 17.6 Å². The minimum Gasteiger partial charge on any atom is -0.503 e. The monoisotopic (exact) mass is 205 g/mol. The first-order valence-electron chi connectivity index (χ1n) is 4.65. The van der Waals surface area contributed by atoms with Crippen LogP contribution in [0.25, 0.3) is 0 Å². The maximum absolute atomic E-state index is 9.88. The van der Waals surface area contributed by atoms with Crippen LogP contribution in [0.15, 0.2) is 12.1 Å². The third-order valence-electron chi connectivity index (χ3n) is 2.68. The zero-order valence-electron chi connectivity index (χ0n) is 8.32. The Kier molecular flexibility index (Phi) is 2.06. The molecule has 78 valence electrons. The largest absolute Gasteiger partial charge is 0.503 e. The second-order valence-corrected chi connectivity index (χ2v) is 3.72. The number of benzene rings is 1. The molecular formula is C11H11NO3. The molecule has 2 N–H and O–H groups in total. The average Bonchev–Trinajstić information content (AvgIpc) is 2.98. The van der Waals surface area contributed by atoms with Gasteiger partial charge in [0.25, 0.3) is 0 Å². The number of nitriles is 1. The zero-order valence-corrected chi connectivity index (χ0v) is 8.32. The van der Waals surface area contributed by atoms with Crippen LogP contribution in [-0.4, -0.2) is 17.3 Å². The molecule has 15 heavy (non-hydrogen) atoms. The van der Waals surface area contributed by atoms with Crippen molar-refractivity contribution in [2.45, 2.75) is 18.4 Å². The molecule has 2 rings (SSSR count). The highest BCUT2D eigenvalue weighted by molar-refractivity contribution is 5.55. The molecule has 0 amide bonds. The molecule has 0 aliphatic heterocycles. The van der Waals surface area contributed by atoms with Crippen LogP contribution in [0.3, 0.4) is 0 Å². The van der Waals surface area contributed by atoms with Gasteiger partial charge in [-0.05, 0) is 30.5 Å². The highest BCUT2D eigenvalue weighted by Gasteiger charge is 2.42. The molecule has 0 atom stereocenters. The van der Waals surface area contributed by atoms with E-state index in [-0.39, 0.29) is 17.1 Å². The second kappa shape index (κ2) is 3.14. The van der Waals surface area contributed by atoms with Gasteiger partial charge in [0, 0.05) is 0 Å². The number of methoxy groups -OCH3 is 1. The van der Waals surface area contributed by atoms with Crippen LogP contribution in [0.1, 0.15) is 24.0 Å². The van der Waals surface area contributed by atoms with Crippen molar-refractivity contribution in [1.82, 2.24) is 0 Å². The van der Waals surface area contributed by atoms with E-state index in [1.54, 1.807) is 6.07 Å². The fourth-order valence-electron chi connectivity index (χ4n) is 1.52. The van der Waals surface area contributed by atoms with Gasteiger partial charge in [-0.25, -0.2) is 0 Å². The van der Waals surface area contributed by atoms with Crippen LogP contribution in [0.4, 0.5) is 0 Å². The summed E-state index contributed by atoms with van der Waals surface area (Å²) in [5.41, 5.74) is -0.0644. The third-order valence-corrected chi connectivity index (χ3v) is 2.68. The Morgan fingerprint density at radius 2 is 2.13 bits per heavy atom. The van der Waals surface area contributed by atoms with Crippen LogP contribution in [0.5, 0.6) is 11.5 Å². The fourth-order valence-corrected chi connectivity index (χ4v) is 1.52. The van der Waals surface area contributed by atoms with Gasteiger partial charge in [0.1, 0.15) is 6.07 Å². The molecule has 0 radical (unpaired) electrons. The molecule has 0 bridgehead atoms. The Bertz CT molecular complexity index is 444. The summed E-state index contributed by atoms with van der Waals surface area (Å²) in [5.74, 6) is 0.0531. The first-order valence-corrected chi connectivity index (χ1v) is 4.65. The molecule has 0 heterocycles. The summed E-state index contributed by atoms with van der Waals surface area (Å²) in [6.45, 7) is 0. The topological polar surface area (TPSA) is 73.5 Å². The summed E-state index contributed by atoms with van der Waals surface area (Å²) in [6, 6.07) is 4.95. The number of phenolic OH excluding ortho intramolecular Hbond substituents is 1. The van der Waals surface area contributed by atoms with Crippen LogP contribution < -0.4 is 4.74 Å². The lowest BCUT2D eigenvalue weighted by atomic mass is 10.0. The van der Waals surface area contributed by atoms with Crippen molar-refractivity contribution in [2.24, 2.45) is 0 Å². The second-order valence-electron chi connectivity index (χ2n) is 3.72. The van der Waals surface area contributed by atoms with Gasteiger partial charge in [-0.3, -0.25) is 0 Å².